The number of thiazole rings is 1. The molecule has 1 aromatic heterocycles. The molecule has 1 fully saturated rings. The predicted molar refractivity (Wildman–Crippen MR) is 92.7 cm³/mol. The number of nitrogens with zero attached hydrogens (tertiary/aromatic N) is 2. The highest BCUT2D eigenvalue weighted by Gasteiger charge is 2.34. The van der Waals surface area contributed by atoms with Crippen LogP contribution in [0.15, 0.2) is 35.7 Å². The number of amides is 2. The highest BCUT2D eigenvalue weighted by Crippen LogP contribution is 2.26. The molecule has 0 saturated carbocycles. The van der Waals surface area contributed by atoms with Crippen LogP contribution in [0.1, 0.15) is 6.42 Å². The summed E-state index contributed by atoms with van der Waals surface area (Å²) in [5.74, 6) is -0.494. The Morgan fingerprint density at radius 2 is 2.21 bits per heavy atom. The third kappa shape index (κ3) is 3.80. The molecule has 1 atom stereocenters. The first-order chi connectivity index (χ1) is 11.7. The second-order valence-corrected chi connectivity index (χ2v) is 6.48. The van der Waals surface area contributed by atoms with Gasteiger partial charge in [-0.15, -0.1) is 11.3 Å². The Kier molecular flexibility index (Phi) is 5.22. The molecule has 6 nitrogen and oxygen atoms in total. The van der Waals surface area contributed by atoms with E-state index < -0.39 is 0 Å². The number of methoxy groups -OCH3 is 1. The Bertz CT molecular complexity index is 717. The van der Waals surface area contributed by atoms with Gasteiger partial charge in [-0.3, -0.25) is 9.59 Å². The molecule has 2 amide bonds. The van der Waals surface area contributed by atoms with Crippen molar-refractivity contribution >= 4 is 28.3 Å². The quantitative estimate of drug-likeness (QED) is 0.872. The summed E-state index contributed by atoms with van der Waals surface area (Å²) >= 11 is 1.39. The zero-order chi connectivity index (χ0) is 16.9. The summed E-state index contributed by atoms with van der Waals surface area (Å²) in [5, 5.41) is 5.30. The summed E-state index contributed by atoms with van der Waals surface area (Å²) in [5.41, 5.74) is 1.84. The molecule has 1 aromatic carbocycles. The van der Waals surface area contributed by atoms with Crippen molar-refractivity contribution in [2.75, 3.05) is 32.1 Å². The largest absolute Gasteiger partial charge is 0.383 e. The molecule has 1 saturated heterocycles. The van der Waals surface area contributed by atoms with Crippen LogP contribution in [0.4, 0.5) is 5.13 Å². The van der Waals surface area contributed by atoms with E-state index in [-0.39, 0.29) is 24.2 Å². The van der Waals surface area contributed by atoms with E-state index in [2.05, 4.69) is 10.3 Å². The lowest BCUT2D eigenvalue weighted by molar-refractivity contribution is -0.128. The van der Waals surface area contributed by atoms with Crippen molar-refractivity contribution in [2.24, 2.45) is 5.92 Å². The van der Waals surface area contributed by atoms with Gasteiger partial charge in [-0.1, -0.05) is 30.3 Å². The number of nitrogens with one attached hydrogen (secondary N) is 1. The molecular weight excluding hydrogens is 326 g/mol. The minimum atomic E-state index is -0.335. The van der Waals surface area contributed by atoms with Gasteiger partial charge in [-0.2, -0.15) is 0 Å². The fourth-order valence-corrected chi connectivity index (χ4v) is 3.37. The van der Waals surface area contributed by atoms with E-state index in [0.29, 0.717) is 24.8 Å². The Labute approximate surface area is 144 Å². The van der Waals surface area contributed by atoms with Crippen LogP contribution >= 0.6 is 11.3 Å². The smallest absolute Gasteiger partial charge is 0.231 e. The molecule has 0 radical (unpaired) electrons. The molecule has 0 bridgehead atoms. The van der Waals surface area contributed by atoms with E-state index in [4.69, 9.17) is 4.74 Å². The Hall–Kier alpha value is -2.25. The maximum absolute atomic E-state index is 12.4. The number of ether oxygens (including phenoxy) is 1. The molecule has 126 valence electrons. The zero-order valence-corrected chi connectivity index (χ0v) is 14.2. The van der Waals surface area contributed by atoms with Crippen molar-refractivity contribution in [1.29, 1.82) is 0 Å². The Morgan fingerprint density at radius 1 is 1.42 bits per heavy atom. The van der Waals surface area contributed by atoms with E-state index in [1.807, 2.05) is 35.7 Å². The van der Waals surface area contributed by atoms with E-state index in [0.717, 1.165) is 11.3 Å². The highest BCUT2D eigenvalue weighted by molar-refractivity contribution is 7.14. The number of benzene rings is 1. The molecule has 3 rings (SSSR count). The van der Waals surface area contributed by atoms with Crippen molar-refractivity contribution in [3.05, 3.63) is 35.7 Å². The third-order valence-corrected chi connectivity index (χ3v) is 4.71. The van der Waals surface area contributed by atoms with Gasteiger partial charge in [0.2, 0.25) is 11.8 Å². The summed E-state index contributed by atoms with van der Waals surface area (Å²) in [6.07, 6.45) is 0.243. The lowest BCUT2D eigenvalue weighted by Gasteiger charge is -2.15. The fourth-order valence-electron chi connectivity index (χ4n) is 2.65. The number of hydrogen-bond acceptors (Lipinski definition) is 5. The van der Waals surface area contributed by atoms with E-state index in [1.54, 1.807) is 12.0 Å². The summed E-state index contributed by atoms with van der Waals surface area (Å²) in [4.78, 5) is 30.4. The molecule has 1 unspecified atom stereocenters. The second kappa shape index (κ2) is 7.55. The molecule has 0 aliphatic carbocycles. The van der Waals surface area contributed by atoms with Gasteiger partial charge in [0, 0.05) is 37.6 Å². The van der Waals surface area contributed by atoms with Gasteiger partial charge in [0.15, 0.2) is 5.13 Å². The first-order valence-corrected chi connectivity index (χ1v) is 8.64. The number of hydrogen-bond donors (Lipinski definition) is 1. The van der Waals surface area contributed by atoms with E-state index >= 15 is 0 Å². The van der Waals surface area contributed by atoms with Gasteiger partial charge in [-0.25, -0.2) is 4.98 Å². The standard InChI is InChI=1S/C17H19N3O3S/c1-23-8-7-20-10-13(9-15(20)21)16(22)19-17-18-14(11-24-17)12-5-3-2-4-6-12/h2-6,11,13H,7-10H2,1H3,(H,18,19,22). The van der Waals surface area contributed by atoms with E-state index in [9.17, 15) is 9.59 Å². The van der Waals surface area contributed by atoms with E-state index in [1.165, 1.54) is 11.3 Å². The van der Waals surface area contributed by atoms with Crippen LogP contribution in [0.2, 0.25) is 0 Å². The lowest BCUT2D eigenvalue weighted by Crippen LogP contribution is -2.30. The topological polar surface area (TPSA) is 71.5 Å². The van der Waals surface area contributed by atoms with Crippen LogP contribution in [0.5, 0.6) is 0 Å². The first-order valence-electron chi connectivity index (χ1n) is 7.76. The summed E-state index contributed by atoms with van der Waals surface area (Å²) in [6, 6.07) is 9.80. The Morgan fingerprint density at radius 3 is 2.96 bits per heavy atom. The van der Waals surface area contributed by atoms with Gasteiger partial charge in [0.25, 0.3) is 0 Å². The van der Waals surface area contributed by atoms with Crippen LogP contribution in [0.25, 0.3) is 11.3 Å². The maximum Gasteiger partial charge on any atom is 0.231 e. The predicted octanol–water partition coefficient (Wildman–Crippen LogP) is 2.24. The molecule has 2 heterocycles. The van der Waals surface area contributed by atoms with Gasteiger partial charge in [-0.05, 0) is 0 Å². The minimum absolute atomic E-state index is 0.00341. The number of rotatable bonds is 6. The van der Waals surface area contributed by atoms with Gasteiger partial charge < -0.3 is 15.0 Å². The molecule has 24 heavy (non-hydrogen) atoms. The molecule has 1 aliphatic rings. The summed E-state index contributed by atoms with van der Waals surface area (Å²) < 4.78 is 4.99. The second-order valence-electron chi connectivity index (χ2n) is 5.63. The van der Waals surface area contributed by atoms with Crippen LogP contribution < -0.4 is 5.32 Å². The maximum atomic E-state index is 12.4. The van der Waals surface area contributed by atoms with Crippen molar-refractivity contribution in [3.8, 4) is 11.3 Å². The normalized spacial score (nSPS) is 17.3. The van der Waals surface area contributed by atoms with Crippen molar-refractivity contribution in [3.63, 3.8) is 0 Å². The number of anilines is 1. The minimum Gasteiger partial charge on any atom is -0.383 e. The van der Waals surface area contributed by atoms with Gasteiger partial charge in [0.05, 0.1) is 18.2 Å². The van der Waals surface area contributed by atoms with Gasteiger partial charge >= 0.3 is 0 Å². The molecular formula is C17H19N3O3S. The molecule has 0 spiro atoms. The molecule has 1 aliphatic heterocycles. The van der Waals surface area contributed by atoms with Crippen LogP contribution in [-0.2, 0) is 14.3 Å². The van der Waals surface area contributed by atoms with Crippen molar-refractivity contribution < 1.29 is 14.3 Å². The van der Waals surface area contributed by atoms with Crippen LogP contribution in [0, 0.1) is 5.92 Å². The van der Waals surface area contributed by atoms with Crippen LogP contribution in [0.3, 0.4) is 0 Å². The molecule has 7 heteroatoms. The molecule has 2 aromatic rings. The summed E-state index contributed by atoms with van der Waals surface area (Å²) in [7, 11) is 1.59. The third-order valence-electron chi connectivity index (χ3n) is 3.95. The zero-order valence-electron chi connectivity index (χ0n) is 13.4. The molecule has 1 N–H and O–H groups in total. The number of carbonyl (C=O) groups excluding carboxylic acids is 2. The fraction of sp³-hybridized carbons (Fsp3) is 0.353. The number of carbonyl (C=O) groups is 2. The number of likely N-dealkylation sites (tertiary alicyclic amines) is 1. The highest BCUT2D eigenvalue weighted by atomic mass is 32.1. The average molecular weight is 345 g/mol. The van der Waals surface area contributed by atoms with Crippen LogP contribution in [-0.4, -0.2) is 48.5 Å². The number of aromatic nitrogens is 1. The van der Waals surface area contributed by atoms with Crippen molar-refractivity contribution in [1.82, 2.24) is 9.88 Å². The Balaban J connectivity index is 1.60. The first kappa shape index (κ1) is 16.6. The average Bonchev–Trinajstić information content (AvgIpc) is 3.20. The van der Waals surface area contributed by atoms with Crippen molar-refractivity contribution in [2.45, 2.75) is 6.42 Å². The lowest BCUT2D eigenvalue weighted by atomic mass is 10.1. The summed E-state index contributed by atoms with van der Waals surface area (Å²) in [6.45, 7) is 1.44. The monoisotopic (exact) mass is 345 g/mol. The van der Waals surface area contributed by atoms with Gasteiger partial charge in [0.1, 0.15) is 0 Å². The SMILES string of the molecule is COCCN1CC(C(=O)Nc2nc(-c3ccccc3)cs2)CC1=O.